The van der Waals surface area contributed by atoms with Crippen LogP contribution in [-0.4, -0.2) is 130 Å². The highest BCUT2D eigenvalue weighted by Gasteiger charge is 2.24. The number of nitrogens with two attached hydrogens (primary N) is 2. The van der Waals surface area contributed by atoms with Crippen molar-refractivity contribution < 1.29 is 49.2 Å². The normalized spacial score (nSPS) is 12.6. The summed E-state index contributed by atoms with van der Waals surface area (Å²) in [6.45, 7) is -1.74. The van der Waals surface area contributed by atoms with Crippen molar-refractivity contribution in [1.82, 2.24) is 20.4 Å². The molecule has 16 nitrogen and oxygen atoms in total. The Morgan fingerprint density at radius 2 is 0.921 bits per heavy atom. The van der Waals surface area contributed by atoms with E-state index in [1.54, 1.807) is 0 Å². The monoisotopic (exact) mass is 548 g/mol. The molecule has 16 heteroatoms. The van der Waals surface area contributed by atoms with Gasteiger partial charge in [0.2, 0.25) is 11.8 Å². The molecule has 0 fully saturated rings. The number of rotatable bonds is 23. The van der Waals surface area contributed by atoms with E-state index in [4.69, 9.17) is 11.5 Å². The highest BCUT2D eigenvalue weighted by molar-refractivity contribution is 5.85. The molecule has 10 N–H and O–H groups in total. The zero-order valence-electron chi connectivity index (χ0n) is 21.3. The van der Waals surface area contributed by atoms with Crippen LogP contribution in [0, 0.1) is 0 Å². The quantitative estimate of drug-likeness (QED) is 0.0598. The van der Waals surface area contributed by atoms with Crippen molar-refractivity contribution in [2.45, 2.75) is 50.6 Å². The van der Waals surface area contributed by atoms with Crippen LogP contribution < -0.4 is 22.1 Å². The van der Waals surface area contributed by atoms with Gasteiger partial charge in [0.25, 0.3) is 0 Å². The molecule has 0 bridgehead atoms. The number of amides is 2. The molecule has 0 aromatic rings. The van der Waals surface area contributed by atoms with Gasteiger partial charge in [-0.2, -0.15) is 0 Å². The van der Waals surface area contributed by atoms with Crippen molar-refractivity contribution in [3.8, 4) is 0 Å². The van der Waals surface area contributed by atoms with Gasteiger partial charge in [-0.15, -0.1) is 0 Å². The molecule has 2 unspecified atom stereocenters. The lowest BCUT2D eigenvalue weighted by molar-refractivity contribution is -0.143. The van der Waals surface area contributed by atoms with Gasteiger partial charge in [0.1, 0.15) is 12.1 Å². The Balaban J connectivity index is 5.17. The number of carboxylic acid groups (broad SMARTS) is 4. The van der Waals surface area contributed by atoms with Crippen molar-refractivity contribution in [2.75, 3.05) is 52.4 Å². The highest BCUT2D eigenvalue weighted by Crippen LogP contribution is 2.03. The second kappa shape index (κ2) is 19.7. The minimum Gasteiger partial charge on any atom is -0.480 e. The summed E-state index contributed by atoms with van der Waals surface area (Å²) in [4.78, 5) is 72.5. The predicted molar refractivity (Wildman–Crippen MR) is 133 cm³/mol. The van der Waals surface area contributed by atoms with Crippen LogP contribution in [0.1, 0.15) is 38.5 Å². The van der Waals surface area contributed by atoms with Crippen LogP contribution in [0.25, 0.3) is 0 Å². The van der Waals surface area contributed by atoms with E-state index in [2.05, 4.69) is 10.6 Å². The lowest BCUT2D eigenvalue weighted by atomic mass is 10.1. The molecule has 0 aliphatic carbocycles. The molecular weight excluding hydrogens is 508 g/mol. The summed E-state index contributed by atoms with van der Waals surface area (Å²) in [5.41, 5.74) is 10.8. The Labute approximate surface area is 220 Å². The van der Waals surface area contributed by atoms with Crippen LogP contribution >= 0.6 is 0 Å². The fraction of sp³-hybridized carbons (Fsp3) is 0.727. The van der Waals surface area contributed by atoms with Crippen LogP contribution in [0.3, 0.4) is 0 Å². The molecular formula is C22H40N6O10. The molecule has 218 valence electrons. The number of carboxylic acids is 4. The summed E-state index contributed by atoms with van der Waals surface area (Å²) < 4.78 is 0. The number of aliphatic carboxylic acids is 4. The van der Waals surface area contributed by atoms with E-state index in [1.165, 1.54) is 0 Å². The summed E-state index contributed by atoms with van der Waals surface area (Å²) in [6.07, 6.45) is 2.35. The van der Waals surface area contributed by atoms with Gasteiger partial charge < -0.3 is 42.5 Å². The van der Waals surface area contributed by atoms with E-state index in [0.29, 0.717) is 38.8 Å². The van der Waals surface area contributed by atoms with Crippen molar-refractivity contribution in [1.29, 1.82) is 0 Å². The first-order valence-electron chi connectivity index (χ1n) is 12.2. The third-order valence-corrected chi connectivity index (χ3v) is 5.35. The maximum atomic E-state index is 12.4. The van der Waals surface area contributed by atoms with E-state index in [0.717, 1.165) is 9.80 Å². The number of hydrogen-bond donors (Lipinski definition) is 8. The fourth-order valence-electron chi connectivity index (χ4n) is 3.48. The third-order valence-electron chi connectivity index (χ3n) is 5.35. The molecule has 2 atom stereocenters. The lowest BCUT2D eigenvalue weighted by Gasteiger charge is -2.26. The smallest absolute Gasteiger partial charge is 0.326 e. The summed E-state index contributed by atoms with van der Waals surface area (Å²) in [6, 6.07) is -2.36. The number of carbonyl (C=O) groups is 6. The summed E-state index contributed by atoms with van der Waals surface area (Å²) in [5, 5.41) is 41.7. The van der Waals surface area contributed by atoms with Gasteiger partial charge in [-0.05, 0) is 51.6 Å². The molecule has 0 aromatic heterocycles. The van der Waals surface area contributed by atoms with Crippen molar-refractivity contribution in [2.24, 2.45) is 11.5 Å². The predicted octanol–water partition coefficient (Wildman–Crippen LogP) is -2.84. The number of hydrogen-bond acceptors (Lipinski definition) is 10. The standard InChI is InChI=1S/C22H40N6O10/c23-7-3-1-5-15(21(35)36)25-17(29)11-27(13-19(31)32)9-10-28(14-20(33)34)12-18(30)26-16(22(37)38)6-2-4-8-24/h15-16H,1-14,23-24H2,(H,25,29)(H,26,30)(H,31,32)(H,33,34)(H,35,36)(H,37,38). The molecule has 2 amide bonds. The summed E-state index contributed by atoms with van der Waals surface area (Å²) >= 11 is 0. The zero-order valence-corrected chi connectivity index (χ0v) is 21.3. The van der Waals surface area contributed by atoms with Crippen molar-refractivity contribution in [3.05, 3.63) is 0 Å². The number of carbonyl (C=O) groups excluding carboxylic acids is 2. The molecule has 0 aliphatic rings. The second-order valence-corrected chi connectivity index (χ2v) is 8.69. The van der Waals surface area contributed by atoms with E-state index < -0.39 is 74.0 Å². The molecule has 0 aliphatic heterocycles. The van der Waals surface area contributed by atoms with Crippen molar-refractivity contribution >= 4 is 35.7 Å². The number of nitrogens with one attached hydrogen (secondary N) is 2. The number of unbranched alkanes of at least 4 members (excludes halogenated alkanes) is 2. The fourth-order valence-corrected chi connectivity index (χ4v) is 3.48. The second-order valence-electron chi connectivity index (χ2n) is 8.69. The molecule has 0 radical (unpaired) electrons. The highest BCUT2D eigenvalue weighted by atomic mass is 16.4. The Morgan fingerprint density at radius 3 is 1.18 bits per heavy atom. The van der Waals surface area contributed by atoms with Gasteiger partial charge in [0.15, 0.2) is 0 Å². The Morgan fingerprint density at radius 1 is 0.579 bits per heavy atom. The third kappa shape index (κ3) is 17.2. The molecule has 0 aromatic carbocycles. The molecule has 0 heterocycles. The molecule has 0 saturated carbocycles. The summed E-state index contributed by atoms with van der Waals surface area (Å²) in [5.74, 6) is -6.53. The van der Waals surface area contributed by atoms with Crippen LogP contribution in [0.5, 0.6) is 0 Å². The minimum atomic E-state index is -1.28. The first-order valence-corrected chi connectivity index (χ1v) is 12.2. The van der Waals surface area contributed by atoms with Crippen LogP contribution in [0.4, 0.5) is 0 Å². The molecule has 0 spiro atoms. The van der Waals surface area contributed by atoms with E-state index >= 15 is 0 Å². The first-order chi connectivity index (χ1) is 17.9. The van der Waals surface area contributed by atoms with Gasteiger partial charge in [-0.3, -0.25) is 29.0 Å². The van der Waals surface area contributed by atoms with Crippen LogP contribution in [-0.2, 0) is 28.8 Å². The zero-order chi connectivity index (χ0) is 29.1. The van der Waals surface area contributed by atoms with Crippen LogP contribution in [0.15, 0.2) is 0 Å². The minimum absolute atomic E-state index is 0.141. The lowest BCUT2D eigenvalue weighted by Crippen LogP contribution is -2.50. The average molecular weight is 549 g/mol. The van der Waals surface area contributed by atoms with E-state index in [9.17, 15) is 49.2 Å². The first kappa shape index (κ1) is 34.7. The molecule has 0 saturated heterocycles. The maximum absolute atomic E-state index is 12.4. The van der Waals surface area contributed by atoms with Crippen LogP contribution in [0.2, 0.25) is 0 Å². The molecule has 38 heavy (non-hydrogen) atoms. The average Bonchev–Trinajstić information content (AvgIpc) is 2.80. The Kier molecular flexibility index (Phi) is 18.0. The largest absolute Gasteiger partial charge is 0.480 e. The Bertz CT molecular complexity index is 733. The Hall–Kier alpha value is -3.34. The van der Waals surface area contributed by atoms with Gasteiger partial charge in [-0.25, -0.2) is 9.59 Å². The summed E-state index contributed by atoms with van der Waals surface area (Å²) in [7, 11) is 0. The SMILES string of the molecule is NCCCCC(NC(=O)CN(CCN(CC(=O)O)CC(=O)NC(CCCCN)C(=O)O)CC(=O)O)C(=O)O. The van der Waals surface area contributed by atoms with Crippen molar-refractivity contribution in [3.63, 3.8) is 0 Å². The van der Waals surface area contributed by atoms with Gasteiger partial charge in [-0.1, -0.05) is 0 Å². The maximum Gasteiger partial charge on any atom is 0.326 e. The van der Waals surface area contributed by atoms with Gasteiger partial charge >= 0.3 is 23.9 Å². The molecule has 0 rings (SSSR count). The topological polar surface area (TPSA) is 266 Å². The number of nitrogens with zero attached hydrogens (tertiary/aromatic N) is 2. The van der Waals surface area contributed by atoms with Gasteiger partial charge in [0, 0.05) is 13.1 Å². The van der Waals surface area contributed by atoms with Gasteiger partial charge in [0.05, 0.1) is 26.2 Å². The van der Waals surface area contributed by atoms with E-state index in [1.807, 2.05) is 0 Å². The van der Waals surface area contributed by atoms with E-state index in [-0.39, 0.29) is 25.9 Å².